The maximum Gasteiger partial charge on any atom is 0.243 e. The maximum atomic E-state index is 12.1. The summed E-state index contributed by atoms with van der Waals surface area (Å²) in [6.07, 6.45) is 8.69. The number of hydrogen-bond donors (Lipinski definition) is 2. The molecule has 22 heavy (non-hydrogen) atoms. The Morgan fingerprint density at radius 1 is 1.05 bits per heavy atom. The van der Waals surface area contributed by atoms with Crippen LogP contribution in [0.15, 0.2) is 18.2 Å². The Labute approximate surface area is 131 Å². The first kappa shape index (κ1) is 15.1. The van der Waals surface area contributed by atoms with Gasteiger partial charge >= 0.3 is 0 Å². The molecule has 0 heterocycles. The van der Waals surface area contributed by atoms with Gasteiger partial charge in [0.2, 0.25) is 11.8 Å². The standard InChI is InChI=1S/C18H24N2O2/c21-17(12-19-18(22)14-7-1-2-8-14)20-16-11-5-9-13-6-3-4-10-15(13)16/h5,9,11,14H,1-4,6-8,10,12H2,(H,19,22)(H,20,21). The molecule has 3 rings (SSSR count). The Morgan fingerprint density at radius 3 is 2.64 bits per heavy atom. The molecule has 4 heteroatoms. The molecule has 0 radical (unpaired) electrons. The van der Waals surface area contributed by atoms with E-state index in [4.69, 9.17) is 0 Å². The highest BCUT2D eigenvalue weighted by Crippen LogP contribution is 2.28. The normalized spacial score (nSPS) is 17.8. The zero-order chi connectivity index (χ0) is 15.4. The number of benzene rings is 1. The highest BCUT2D eigenvalue weighted by Gasteiger charge is 2.23. The van der Waals surface area contributed by atoms with E-state index < -0.39 is 0 Å². The van der Waals surface area contributed by atoms with Gasteiger partial charge in [-0.05, 0) is 55.7 Å². The van der Waals surface area contributed by atoms with Crippen LogP contribution in [-0.2, 0) is 22.4 Å². The molecule has 0 aliphatic heterocycles. The van der Waals surface area contributed by atoms with Gasteiger partial charge < -0.3 is 10.6 Å². The largest absolute Gasteiger partial charge is 0.347 e. The van der Waals surface area contributed by atoms with E-state index in [2.05, 4.69) is 16.7 Å². The van der Waals surface area contributed by atoms with Crippen molar-refractivity contribution in [2.24, 2.45) is 5.92 Å². The molecule has 1 saturated carbocycles. The SMILES string of the molecule is O=C(CNC(=O)C1CCCC1)Nc1cccc2c1CCCC2. The second kappa shape index (κ2) is 6.95. The van der Waals surface area contributed by atoms with Crippen LogP contribution in [0.2, 0.25) is 0 Å². The van der Waals surface area contributed by atoms with Gasteiger partial charge in [-0.2, -0.15) is 0 Å². The van der Waals surface area contributed by atoms with Crippen molar-refractivity contribution < 1.29 is 9.59 Å². The van der Waals surface area contributed by atoms with E-state index >= 15 is 0 Å². The molecule has 2 aliphatic carbocycles. The van der Waals surface area contributed by atoms with Crippen molar-refractivity contribution in [3.63, 3.8) is 0 Å². The van der Waals surface area contributed by atoms with Crippen LogP contribution in [0.1, 0.15) is 49.7 Å². The minimum atomic E-state index is -0.134. The zero-order valence-electron chi connectivity index (χ0n) is 13.0. The van der Waals surface area contributed by atoms with Gasteiger partial charge in [-0.3, -0.25) is 9.59 Å². The molecule has 2 N–H and O–H groups in total. The first-order chi connectivity index (χ1) is 10.7. The molecule has 0 bridgehead atoms. The lowest BCUT2D eigenvalue weighted by Crippen LogP contribution is -2.36. The number of fused-ring (bicyclic) bond motifs is 1. The molecule has 1 aromatic carbocycles. The van der Waals surface area contributed by atoms with Crippen molar-refractivity contribution in [3.8, 4) is 0 Å². The lowest BCUT2D eigenvalue weighted by molar-refractivity contribution is -0.127. The third kappa shape index (κ3) is 3.49. The average molecular weight is 300 g/mol. The fourth-order valence-electron chi connectivity index (χ4n) is 3.59. The summed E-state index contributed by atoms with van der Waals surface area (Å²) in [7, 11) is 0. The van der Waals surface area contributed by atoms with Crippen LogP contribution in [0.25, 0.3) is 0 Å². The molecule has 1 fully saturated rings. The quantitative estimate of drug-likeness (QED) is 0.898. The highest BCUT2D eigenvalue weighted by molar-refractivity contribution is 5.95. The van der Waals surface area contributed by atoms with Crippen LogP contribution in [0, 0.1) is 5.92 Å². The van der Waals surface area contributed by atoms with Gasteiger partial charge in [0.25, 0.3) is 0 Å². The van der Waals surface area contributed by atoms with E-state index in [1.807, 2.05) is 12.1 Å². The molecule has 0 atom stereocenters. The smallest absolute Gasteiger partial charge is 0.243 e. The van der Waals surface area contributed by atoms with Crippen molar-refractivity contribution in [1.82, 2.24) is 5.32 Å². The lowest BCUT2D eigenvalue weighted by atomic mass is 9.90. The molecule has 2 amide bonds. The van der Waals surface area contributed by atoms with Gasteiger partial charge in [-0.15, -0.1) is 0 Å². The first-order valence-corrected chi connectivity index (χ1v) is 8.42. The predicted molar refractivity (Wildman–Crippen MR) is 86.7 cm³/mol. The summed E-state index contributed by atoms with van der Waals surface area (Å²) >= 11 is 0. The molecular formula is C18H24N2O2. The second-order valence-electron chi connectivity index (χ2n) is 6.40. The number of nitrogens with one attached hydrogen (secondary N) is 2. The highest BCUT2D eigenvalue weighted by atomic mass is 16.2. The summed E-state index contributed by atoms with van der Waals surface area (Å²) in [5.41, 5.74) is 3.53. The van der Waals surface area contributed by atoms with Gasteiger partial charge in [-0.25, -0.2) is 0 Å². The molecule has 118 valence electrons. The molecule has 0 saturated heterocycles. The monoisotopic (exact) mass is 300 g/mol. The van der Waals surface area contributed by atoms with E-state index in [1.54, 1.807) is 0 Å². The van der Waals surface area contributed by atoms with E-state index in [9.17, 15) is 9.59 Å². The lowest BCUT2D eigenvalue weighted by Gasteiger charge is -2.19. The Morgan fingerprint density at radius 2 is 1.82 bits per heavy atom. The topological polar surface area (TPSA) is 58.2 Å². The molecule has 2 aliphatic rings. The summed E-state index contributed by atoms with van der Waals surface area (Å²) in [5.74, 6) is 0.00495. The Bertz CT molecular complexity index is 562. The van der Waals surface area contributed by atoms with E-state index in [-0.39, 0.29) is 24.3 Å². The number of rotatable bonds is 4. The minimum absolute atomic E-state index is 0.0303. The van der Waals surface area contributed by atoms with Gasteiger partial charge in [0.1, 0.15) is 0 Å². The summed E-state index contributed by atoms with van der Waals surface area (Å²) in [4.78, 5) is 24.0. The second-order valence-corrected chi connectivity index (χ2v) is 6.40. The Balaban J connectivity index is 1.54. The van der Waals surface area contributed by atoms with Crippen molar-refractivity contribution >= 4 is 17.5 Å². The third-order valence-electron chi connectivity index (χ3n) is 4.82. The fourth-order valence-corrected chi connectivity index (χ4v) is 3.59. The van der Waals surface area contributed by atoms with Gasteiger partial charge in [0.15, 0.2) is 0 Å². The Kier molecular flexibility index (Phi) is 4.76. The summed E-state index contributed by atoms with van der Waals surface area (Å²) in [6.45, 7) is 0.0685. The predicted octanol–water partition coefficient (Wildman–Crippen LogP) is 2.81. The van der Waals surface area contributed by atoms with Crippen LogP contribution < -0.4 is 10.6 Å². The average Bonchev–Trinajstić information content (AvgIpc) is 3.07. The van der Waals surface area contributed by atoms with Gasteiger partial charge in [-0.1, -0.05) is 25.0 Å². The molecule has 0 aromatic heterocycles. The van der Waals surface area contributed by atoms with Gasteiger partial charge in [0, 0.05) is 11.6 Å². The Hall–Kier alpha value is -1.84. The van der Waals surface area contributed by atoms with E-state index in [0.717, 1.165) is 44.2 Å². The zero-order valence-corrected chi connectivity index (χ0v) is 13.0. The molecule has 1 aromatic rings. The van der Waals surface area contributed by atoms with Crippen LogP contribution in [0.5, 0.6) is 0 Å². The van der Waals surface area contributed by atoms with E-state index in [1.165, 1.54) is 24.0 Å². The minimum Gasteiger partial charge on any atom is -0.347 e. The number of carbonyl (C=O) groups is 2. The van der Waals surface area contributed by atoms with Crippen molar-refractivity contribution in [3.05, 3.63) is 29.3 Å². The number of hydrogen-bond acceptors (Lipinski definition) is 2. The van der Waals surface area contributed by atoms with Crippen molar-refractivity contribution in [1.29, 1.82) is 0 Å². The van der Waals surface area contributed by atoms with Crippen molar-refractivity contribution in [2.45, 2.75) is 51.4 Å². The first-order valence-electron chi connectivity index (χ1n) is 8.42. The molecule has 4 nitrogen and oxygen atoms in total. The number of amides is 2. The van der Waals surface area contributed by atoms with Crippen LogP contribution in [0.3, 0.4) is 0 Å². The molecule has 0 unspecified atom stereocenters. The summed E-state index contributed by atoms with van der Waals surface area (Å²) in [5, 5.41) is 5.74. The molecular weight excluding hydrogens is 276 g/mol. The summed E-state index contributed by atoms with van der Waals surface area (Å²) < 4.78 is 0. The molecule has 0 spiro atoms. The third-order valence-corrected chi connectivity index (χ3v) is 4.82. The number of anilines is 1. The summed E-state index contributed by atoms with van der Waals surface area (Å²) in [6, 6.07) is 6.10. The van der Waals surface area contributed by atoms with Crippen LogP contribution in [0.4, 0.5) is 5.69 Å². The van der Waals surface area contributed by atoms with Crippen LogP contribution >= 0.6 is 0 Å². The van der Waals surface area contributed by atoms with Crippen LogP contribution in [-0.4, -0.2) is 18.4 Å². The maximum absolute atomic E-state index is 12.1. The number of carbonyl (C=O) groups excluding carboxylic acids is 2. The number of aryl methyl sites for hydroxylation is 1. The van der Waals surface area contributed by atoms with Gasteiger partial charge in [0.05, 0.1) is 6.54 Å². The van der Waals surface area contributed by atoms with E-state index in [0.29, 0.717) is 0 Å². The van der Waals surface area contributed by atoms with Crippen molar-refractivity contribution in [2.75, 3.05) is 11.9 Å². The fraction of sp³-hybridized carbons (Fsp3) is 0.556.